The Morgan fingerprint density at radius 1 is 1.04 bits per heavy atom. The molecule has 1 aromatic heterocycles. The fourth-order valence-electron chi connectivity index (χ4n) is 3.77. The Bertz CT molecular complexity index is 776. The number of hydrogen-bond donors (Lipinski definition) is 2. The van der Waals surface area contributed by atoms with E-state index in [4.69, 9.17) is 23.1 Å². The molecule has 28 heavy (non-hydrogen) atoms. The van der Waals surface area contributed by atoms with Crippen LogP contribution >= 0.6 is 36.4 Å². The van der Waals surface area contributed by atoms with Crippen LogP contribution in [0.4, 0.5) is 11.8 Å². The SMILES string of the molecule is Cl.Cl.Nc1nc(C2CC(N)C2)cc(N2CCN(Cc3cccc(Cl)c3)CC2)n1. The van der Waals surface area contributed by atoms with Crippen LogP contribution in [0.2, 0.25) is 5.02 Å². The van der Waals surface area contributed by atoms with Gasteiger partial charge in [0.15, 0.2) is 0 Å². The number of nitrogens with zero attached hydrogens (tertiary/aromatic N) is 4. The molecular formula is C19H27Cl3N6. The molecule has 2 aliphatic rings. The van der Waals surface area contributed by atoms with Gasteiger partial charge in [-0.1, -0.05) is 23.7 Å². The predicted molar refractivity (Wildman–Crippen MR) is 120 cm³/mol. The molecule has 4 N–H and O–H groups in total. The van der Waals surface area contributed by atoms with Crippen LogP contribution in [0.25, 0.3) is 0 Å². The molecule has 0 amide bonds. The normalized spacial score (nSPS) is 22.0. The quantitative estimate of drug-likeness (QED) is 0.752. The molecule has 1 aromatic carbocycles. The van der Waals surface area contributed by atoms with Gasteiger partial charge < -0.3 is 16.4 Å². The number of hydrogen-bond acceptors (Lipinski definition) is 6. The first-order valence-corrected chi connectivity index (χ1v) is 9.56. The first-order chi connectivity index (χ1) is 12.6. The summed E-state index contributed by atoms with van der Waals surface area (Å²) in [6.07, 6.45) is 1.98. The van der Waals surface area contributed by atoms with E-state index in [0.29, 0.717) is 17.9 Å². The third kappa shape index (κ3) is 5.39. The molecule has 6 nitrogen and oxygen atoms in total. The first kappa shape index (κ1) is 23.0. The van der Waals surface area contributed by atoms with E-state index >= 15 is 0 Å². The molecule has 0 unspecified atom stereocenters. The van der Waals surface area contributed by atoms with Gasteiger partial charge >= 0.3 is 0 Å². The van der Waals surface area contributed by atoms with E-state index in [1.54, 1.807) is 0 Å². The summed E-state index contributed by atoms with van der Waals surface area (Å²) in [5.74, 6) is 1.73. The van der Waals surface area contributed by atoms with Gasteiger partial charge in [-0.25, -0.2) is 4.98 Å². The van der Waals surface area contributed by atoms with Crippen molar-refractivity contribution >= 4 is 48.2 Å². The third-order valence-electron chi connectivity index (χ3n) is 5.33. The van der Waals surface area contributed by atoms with Gasteiger partial charge in [-0.3, -0.25) is 4.90 Å². The Balaban J connectivity index is 0.00000140. The standard InChI is InChI=1S/C19H25ClN6.2ClH/c20-15-3-1-2-13(8-15)12-25-4-6-26(7-5-25)18-11-17(23-19(22)24-18)14-9-16(21)10-14;;/h1-3,8,11,14,16H,4-7,9-10,12,21H2,(H2,22,23,24);2*1H. The topological polar surface area (TPSA) is 84.3 Å². The first-order valence-electron chi connectivity index (χ1n) is 9.18. The smallest absolute Gasteiger partial charge is 0.222 e. The van der Waals surface area contributed by atoms with Gasteiger partial charge in [-0.05, 0) is 30.5 Å². The van der Waals surface area contributed by atoms with Crippen molar-refractivity contribution in [3.05, 3.63) is 46.6 Å². The Labute approximate surface area is 183 Å². The number of nitrogen functional groups attached to an aromatic ring is 1. The van der Waals surface area contributed by atoms with Crippen molar-refractivity contribution in [2.24, 2.45) is 5.73 Å². The summed E-state index contributed by atoms with van der Waals surface area (Å²) in [6.45, 7) is 4.76. The van der Waals surface area contributed by atoms with Crippen molar-refractivity contribution in [3.63, 3.8) is 0 Å². The molecule has 4 rings (SSSR count). The van der Waals surface area contributed by atoms with Gasteiger partial charge in [-0.15, -0.1) is 24.8 Å². The number of piperazine rings is 1. The minimum atomic E-state index is 0. The van der Waals surface area contributed by atoms with E-state index in [2.05, 4.69) is 31.9 Å². The summed E-state index contributed by atoms with van der Waals surface area (Å²) in [5.41, 5.74) is 14.2. The second-order valence-corrected chi connectivity index (χ2v) is 7.77. The molecule has 2 aromatic rings. The highest BCUT2D eigenvalue weighted by molar-refractivity contribution is 6.30. The largest absolute Gasteiger partial charge is 0.368 e. The fourth-order valence-corrected chi connectivity index (χ4v) is 3.99. The second-order valence-electron chi connectivity index (χ2n) is 7.33. The minimum absolute atomic E-state index is 0. The monoisotopic (exact) mass is 444 g/mol. The maximum Gasteiger partial charge on any atom is 0.222 e. The molecule has 2 heterocycles. The van der Waals surface area contributed by atoms with Crippen LogP contribution in [-0.4, -0.2) is 47.1 Å². The Hall–Kier alpha value is -1.31. The number of halogens is 3. The highest BCUT2D eigenvalue weighted by Gasteiger charge is 2.29. The lowest BCUT2D eigenvalue weighted by Crippen LogP contribution is -2.46. The summed E-state index contributed by atoms with van der Waals surface area (Å²) in [4.78, 5) is 13.6. The average molecular weight is 446 g/mol. The Kier molecular flexibility index (Phi) is 8.16. The lowest BCUT2D eigenvalue weighted by Gasteiger charge is -2.36. The van der Waals surface area contributed by atoms with E-state index < -0.39 is 0 Å². The molecule has 1 saturated heterocycles. The number of anilines is 2. The zero-order chi connectivity index (χ0) is 18.1. The highest BCUT2D eigenvalue weighted by Crippen LogP contribution is 2.36. The van der Waals surface area contributed by atoms with Crippen LogP contribution in [0.3, 0.4) is 0 Å². The summed E-state index contributed by atoms with van der Waals surface area (Å²) < 4.78 is 0. The maximum atomic E-state index is 6.09. The Morgan fingerprint density at radius 2 is 1.75 bits per heavy atom. The number of aromatic nitrogens is 2. The van der Waals surface area contributed by atoms with Crippen LogP contribution < -0.4 is 16.4 Å². The van der Waals surface area contributed by atoms with Gasteiger partial charge in [0.25, 0.3) is 0 Å². The highest BCUT2D eigenvalue weighted by atomic mass is 35.5. The minimum Gasteiger partial charge on any atom is -0.368 e. The van der Waals surface area contributed by atoms with Crippen LogP contribution in [-0.2, 0) is 6.54 Å². The zero-order valence-electron chi connectivity index (χ0n) is 15.6. The second kappa shape index (κ2) is 9.94. The van der Waals surface area contributed by atoms with Gasteiger partial charge in [0.1, 0.15) is 5.82 Å². The lowest BCUT2D eigenvalue weighted by atomic mass is 9.78. The van der Waals surface area contributed by atoms with Crippen molar-refractivity contribution in [3.8, 4) is 0 Å². The molecular weight excluding hydrogens is 419 g/mol. The molecule has 0 radical (unpaired) electrons. The van der Waals surface area contributed by atoms with E-state index in [1.807, 2.05) is 18.2 Å². The lowest BCUT2D eigenvalue weighted by molar-refractivity contribution is 0.249. The average Bonchev–Trinajstić information content (AvgIpc) is 2.59. The van der Waals surface area contributed by atoms with E-state index in [1.165, 1.54) is 5.56 Å². The Morgan fingerprint density at radius 3 is 2.39 bits per heavy atom. The molecule has 9 heteroatoms. The van der Waals surface area contributed by atoms with Crippen LogP contribution in [0, 0.1) is 0 Å². The molecule has 1 aliphatic carbocycles. The van der Waals surface area contributed by atoms with E-state index in [9.17, 15) is 0 Å². The molecule has 1 saturated carbocycles. The van der Waals surface area contributed by atoms with Gasteiger partial charge in [0.05, 0.1) is 5.69 Å². The van der Waals surface area contributed by atoms with Crippen molar-refractivity contribution in [2.45, 2.75) is 31.3 Å². The molecule has 0 atom stereocenters. The summed E-state index contributed by atoms with van der Waals surface area (Å²) in [5, 5.41) is 0.792. The van der Waals surface area contributed by atoms with E-state index in [0.717, 1.165) is 62.1 Å². The third-order valence-corrected chi connectivity index (χ3v) is 5.57. The van der Waals surface area contributed by atoms with Crippen molar-refractivity contribution in [1.29, 1.82) is 0 Å². The zero-order valence-corrected chi connectivity index (χ0v) is 18.0. The number of nitrogens with two attached hydrogens (primary N) is 2. The summed E-state index contributed by atoms with van der Waals surface area (Å²) in [6, 6.07) is 10.5. The van der Waals surface area contributed by atoms with Crippen molar-refractivity contribution in [2.75, 3.05) is 36.8 Å². The van der Waals surface area contributed by atoms with Crippen molar-refractivity contribution < 1.29 is 0 Å². The predicted octanol–water partition coefficient (Wildman–Crippen LogP) is 3.08. The number of rotatable bonds is 4. The van der Waals surface area contributed by atoms with Crippen LogP contribution in [0.15, 0.2) is 30.3 Å². The summed E-state index contributed by atoms with van der Waals surface area (Å²) in [7, 11) is 0. The number of benzene rings is 1. The maximum absolute atomic E-state index is 6.09. The van der Waals surface area contributed by atoms with Crippen molar-refractivity contribution in [1.82, 2.24) is 14.9 Å². The fraction of sp³-hybridized carbons (Fsp3) is 0.474. The van der Waals surface area contributed by atoms with Gasteiger partial charge in [0, 0.05) is 55.8 Å². The summed E-state index contributed by atoms with van der Waals surface area (Å²) >= 11 is 6.09. The van der Waals surface area contributed by atoms with Gasteiger partial charge in [0.2, 0.25) is 5.95 Å². The molecule has 0 bridgehead atoms. The molecule has 1 aliphatic heterocycles. The molecule has 2 fully saturated rings. The van der Waals surface area contributed by atoms with Gasteiger partial charge in [-0.2, -0.15) is 4.98 Å². The van der Waals surface area contributed by atoms with E-state index in [-0.39, 0.29) is 24.8 Å². The molecule has 0 spiro atoms. The van der Waals surface area contributed by atoms with Crippen LogP contribution in [0.1, 0.15) is 30.0 Å². The van der Waals surface area contributed by atoms with Crippen LogP contribution in [0.5, 0.6) is 0 Å². The molecule has 154 valence electrons.